The molecule has 2 aromatic rings. The van der Waals surface area contributed by atoms with Crippen LogP contribution in [0.25, 0.3) is 0 Å². The molecule has 0 unspecified atom stereocenters. The molecular weight excluding hydrogens is 439 g/mol. The van der Waals surface area contributed by atoms with Crippen molar-refractivity contribution in [1.29, 1.82) is 0 Å². The molecule has 2 amide bonds. The molecule has 0 aliphatic rings. The molecule has 7 heteroatoms. The Bertz CT molecular complexity index is 642. The van der Waals surface area contributed by atoms with Crippen LogP contribution < -0.4 is 10.6 Å². The lowest BCUT2D eigenvalue weighted by Crippen LogP contribution is -2.32. The number of hydrogen-bond acceptors (Lipinski definition) is 3. The predicted octanol–water partition coefficient (Wildman–Crippen LogP) is 3.02. The van der Waals surface area contributed by atoms with E-state index < -0.39 is 5.91 Å². The summed E-state index contributed by atoms with van der Waals surface area (Å²) in [6, 6.07) is 10.5. The number of anilines is 1. The van der Waals surface area contributed by atoms with Crippen LogP contribution in [0.4, 0.5) is 5.69 Å². The Hall–Kier alpha value is -1.35. The number of amides is 2. The third kappa shape index (κ3) is 4.34. The van der Waals surface area contributed by atoms with Gasteiger partial charge in [-0.15, -0.1) is 0 Å². The largest absolute Gasteiger partial charge is 0.444 e. The van der Waals surface area contributed by atoms with Gasteiger partial charge in [0, 0.05) is 9.26 Å². The van der Waals surface area contributed by atoms with Crippen LogP contribution in [0.1, 0.15) is 10.6 Å². The lowest BCUT2D eigenvalue weighted by Gasteiger charge is -2.06. The maximum Gasteiger partial charge on any atom is 0.287 e. The number of halogens is 2. The summed E-state index contributed by atoms with van der Waals surface area (Å²) in [6.45, 7) is -0.122. The average Bonchev–Trinajstić information content (AvgIpc) is 2.83. The summed E-state index contributed by atoms with van der Waals surface area (Å²) in [4.78, 5) is 23.4. The molecule has 0 bridgehead atoms. The molecular formula is C13H10BrIN2O3. The molecule has 0 saturated carbocycles. The first kappa shape index (κ1) is 15.0. The zero-order valence-electron chi connectivity index (χ0n) is 10.2. The van der Waals surface area contributed by atoms with Gasteiger partial charge in [0.2, 0.25) is 5.91 Å². The Morgan fingerprint density at radius 2 is 2.05 bits per heavy atom. The Morgan fingerprint density at radius 3 is 2.70 bits per heavy atom. The van der Waals surface area contributed by atoms with Crippen LogP contribution in [0, 0.1) is 3.57 Å². The van der Waals surface area contributed by atoms with Crippen LogP contribution in [-0.4, -0.2) is 18.4 Å². The summed E-state index contributed by atoms with van der Waals surface area (Å²) in [6.07, 6.45) is 0. The van der Waals surface area contributed by atoms with E-state index in [4.69, 9.17) is 4.42 Å². The second-order valence-corrected chi connectivity index (χ2v) is 5.87. The van der Waals surface area contributed by atoms with Crippen molar-refractivity contribution >= 4 is 56.0 Å². The maximum absolute atomic E-state index is 11.7. The fourth-order valence-electron chi connectivity index (χ4n) is 1.46. The summed E-state index contributed by atoms with van der Waals surface area (Å²) in [5, 5.41) is 5.18. The molecule has 0 atom stereocenters. The van der Waals surface area contributed by atoms with Gasteiger partial charge in [0.05, 0.1) is 6.54 Å². The molecule has 0 radical (unpaired) electrons. The van der Waals surface area contributed by atoms with E-state index >= 15 is 0 Å². The van der Waals surface area contributed by atoms with E-state index in [-0.39, 0.29) is 18.2 Å². The zero-order chi connectivity index (χ0) is 14.5. The van der Waals surface area contributed by atoms with Gasteiger partial charge in [-0.1, -0.05) is 6.07 Å². The highest BCUT2D eigenvalue weighted by Gasteiger charge is 2.11. The minimum absolute atomic E-state index is 0.122. The number of carbonyl (C=O) groups is 2. The molecule has 1 heterocycles. The number of nitrogens with one attached hydrogen (secondary N) is 2. The molecule has 2 N–H and O–H groups in total. The molecule has 5 nitrogen and oxygen atoms in total. The summed E-state index contributed by atoms with van der Waals surface area (Å²) in [5.74, 6) is -0.585. The first-order chi connectivity index (χ1) is 9.54. The van der Waals surface area contributed by atoms with Crippen molar-refractivity contribution in [2.24, 2.45) is 0 Å². The number of carbonyl (C=O) groups excluding carboxylic acids is 2. The van der Waals surface area contributed by atoms with Crippen LogP contribution in [-0.2, 0) is 4.79 Å². The summed E-state index contributed by atoms with van der Waals surface area (Å²) < 4.78 is 6.57. The summed E-state index contributed by atoms with van der Waals surface area (Å²) in [5.41, 5.74) is 0.692. The first-order valence-corrected chi connectivity index (χ1v) is 7.51. The van der Waals surface area contributed by atoms with Gasteiger partial charge in [-0.25, -0.2) is 0 Å². The standard InChI is InChI=1S/C13H10BrIN2O3/c14-11-5-4-10(20-11)13(19)16-7-12(18)17-9-3-1-2-8(15)6-9/h1-6H,7H2,(H,16,19)(H,17,18). The number of benzene rings is 1. The lowest BCUT2D eigenvalue weighted by molar-refractivity contribution is -0.115. The van der Waals surface area contributed by atoms with Gasteiger partial charge in [0.15, 0.2) is 10.4 Å². The van der Waals surface area contributed by atoms with E-state index in [0.717, 1.165) is 3.57 Å². The maximum atomic E-state index is 11.7. The Kier molecular flexibility index (Phi) is 5.18. The molecule has 2 rings (SSSR count). The van der Waals surface area contributed by atoms with Crippen molar-refractivity contribution in [2.75, 3.05) is 11.9 Å². The Labute approximate surface area is 137 Å². The third-order valence-corrected chi connectivity index (χ3v) is 3.41. The molecule has 0 spiro atoms. The minimum atomic E-state index is -0.437. The molecule has 104 valence electrons. The quantitative estimate of drug-likeness (QED) is 0.706. The number of rotatable bonds is 4. The van der Waals surface area contributed by atoms with Gasteiger partial charge in [-0.05, 0) is 68.9 Å². The highest BCUT2D eigenvalue weighted by molar-refractivity contribution is 14.1. The third-order valence-electron chi connectivity index (χ3n) is 2.31. The monoisotopic (exact) mass is 448 g/mol. The SMILES string of the molecule is O=C(CNC(=O)c1ccc(Br)o1)Nc1cccc(I)c1. The zero-order valence-corrected chi connectivity index (χ0v) is 13.9. The second-order valence-electron chi connectivity index (χ2n) is 3.84. The highest BCUT2D eigenvalue weighted by Crippen LogP contribution is 2.14. The van der Waals surface area contributed by atoms with Gasteiger partial charge in [-0.2, -0.15) is 0 Å². The fraction of sp³-hybridized carbons (Fsp3) is 0.0769. The predicted molar refractivity (Wildman–Crippen MR) is 86.5 cm³/mol. The van der Waals surface area contributed by atoms with Crippen molar-refractivity contribution in [3.63, 3.8) is 0 Å². The molecule has 20 heavy (non-hydrogen) atoms. The Morgan fingerprint density at radius 1 is 1.25 bits per heavy atom. The molecule has 0 saturated heterocycles. The Balaban J connectivity index is 1.85. The van der Waals surface area contributed by atoms with Gasteiger partial charge in [0.1, 0.15) is 0 Å². The van der Waals surface area contributed by atoms with E-state index in [2.05, 4.69) is 49.2 Å². The van der Waals surface area contributed by atoms with Crippen LogP contribution in [0.15, 0.2) is 45.5 Å². The van der Waals surface area contributed by atoms with E-state index in [9.17, 15) is 9.59 Å². The summed E-state index contributed by atoms with van der Waals surface area (Å²) in [7, 11) is 0. The van der Waals surface area contributed by atoms with Crippen LogP contribution >= 0.6 is 38.5 Å². The molecule has 0 aliphatic carbocycles. The van der Waals surface area contributed by atoms with Crippen molar-refractivity contribution in [2.45, 2.75) is 0 Å². The van der Waals surface area contributed by atoms with E-state index in [1.165, 1.54) is 6.07 Å². The van der Waals surface area contributed by atoms with Crippen molar-refractivity contribution in [3.8, 4) is 0 Å². The van der Waals surface area contributed by atoms with E-state index in [0.29, 0.717) is 10.4 Å². The van der Waals surface area contributed by atoms with Gasteiger partial charge in [0.25, 0.3) is 5.91 Å². The fourth-order valence-corrected chi connectivity index (χ4v) is 2.31. The van der Waals surface area contributed by atoms with Gasteiger partial charge < -0.3 is 15.1 Å². The van der Waals surface area contributed by atoms with E-state index in [1.807, 2.05) is 18.2 Å². The van der Waals surface area contributed by atoms with Crippen LogP contribution in [0.3, 0.4) is 0 Å². The van der Waals surface area contributed by atoms with Crippen molar-refractivity contribution in [3.05, 3.63) is 50.4 Å². The van der Waals surface area contributed by atoms with Crippen molar-refractivity contribution < 1.29 is 14.0 Å². The molecule has 1 aromatic carbocycles. The lowest BCUT2D eigenvalue weighted by atomic mass is 10.3. The second kappa shape index (κ2) is 6.89. The average molecular weight is 449 g/mol. The van der Waals surface area contributed by atoms with Gasteiger partial charge in [-0.3, -0.25) is 9.59 Å². The van der Waals surface area contributed by atoms with Crippen LogP contribution in [0.5, 0.6) is 0 Å². The van der Waals surface area contributed by atoms with E-state index in [1.54, 1.807) is 12.1 Å². The number of furan rings is 1. The minimum Gasteiger partial charge on any atom is -0.444 e. The van der Waals surface area contributed by atoms with Gasteiger partial charge >= 0.3 is 0 Å². The number of hydrogen-bond donors (Lipinski definition) is 2. The first-order valence-electron chi connectivity index (χ1n) is 5.63. The van der Waals surface area contributed by atoms with Crippen LogP contribution in [0.2, 0.25) is 0 Å². The molecule has 0 aliphatic heterocycles. The highest BCUT2D eigenvalue weighted by atomic mass is 127. The molecule has 1 aromatic heterocycles. The normalized spacial score (nSPS) is 10.1. The van der Waals surface area contributed by atoms with Crippen molar-refractivity contribution in [1.82, 2.24) is 5.32 Å². The smallest absolute Gasteiger partial charge is 0.287 e. The topological polar surface area (TPSA) is 71.3 Å². The summed E-state index contributed by atoms with van der Waals surface area (Å²) >= 11 is 5.26. The molecule has 0 fully saturated rings.